The van der Waals surface area contributed by atoms with Crippen molar-refractivity contribution in [3.8, 4) is 0 Å². The van der Waals surface area contributed by atoms with Crippen LogP contribution < -0.4 is 5.19 Å². The van der Waals surface area contributed by atoms with Gasteiger partial charge in [-0.3, -0.25) is 4.84 Å². The summed E-state index contributed by atoms with van der Waals surface area (Å²) < 4.78 is 19.4. The van der Waals surface area contributed by atoms with Gasteiger partial charge in [-0.15, -0.1) is 0 Å². The lowest BCUT2D eigenvalue weighted by atomic mass is 9.92. The van der Waals surface area contributed by atoms with Crippen LogP contribution in [0.1, 0.15) is 31.9 Å². The average Bonchev–Trinajstić information content (AvgIpc) is 3.18. The SMILES string of the molecule is CC(C)(C)OC(=O)N1O[C@H]2C=C[C@@H]1[C@@H](C[Si](C)(C)c1ccccc1)[C@H](OCc1ccccc1)[C@@H]2OCc1ccccc1. The van der Waals surface area contributed by atoms with Crippen molar-refractivity contribution in [1.29, 1.82) is 0 Å². The monoisotopic (exact) mass is 585 g/mol. The predicted octanol–water partition coefficient (Wildman–Crippen LogP) is 6.88. The number of nitrogens with zero attached hydrogens (tertiary/aromatic N) is 1. The molecule has 42 heavy (non-hydrogen) atoms. The normalized spacial score (nSPS) is 23.9. The molecular formula is C35H43NO5Si. The smallest absolute Gasteiger partial charge is 0.435 e. The van der Waals surface area contributed by atoms with E-state index >= 15 is 0 Å². The maximum absolute atomic E-state index is 13.6. The summed E-state index contributed by atoms with van der Waals surface area (Å²) in [7, 11) is -2.01. The van der Waals surface area contributed by atoms with Crippen molar-refractivity contribution >= 4 is 19.4 Å². The van der Waals surface area contributed by atoms with Crippen molar-refractivity contribution in [1.82, 2.24) is 5.06 Å². The molecule has 7 heteroatoms. The minimum Gasteiger partial charge on any atom is -0.442 e. The molecule has 1 saturated heterocycles. The van der Waals surface area contributed by atoms with Crippen LogP contribution in [-0.2, 0) is 32.3 Å². The van der Waals surface area contributed by atoms with Crippen molar-refractivity contribution in [2.24, 2.45) is 5.92 Å². The Labute approximate surface area is 251 Å². The zero-order chi connectivity index (χ0) is 29.7. The third kappa shape index (κ3) is 7.39. The Kier molecular flexibility index (Phi) is 9.33. The van der Waals surface area contributed by atoms with Gasteiger partial charge in [0.05, 0.1) is 33.4 Å². The minimum absolute atomic E-state index is 0.0902. The number of amides is 1. The van der Waals surface area contributed by atoms with Gasteiger partial charge in [-0.05, 0) is 37.9 Å². The summed E-state index contributed by atoms with van der Waals surface area (Å²) in [6.07, 6.45) is 2.37. The highest BCUT2D eigenvalue weighted by Crippen LogP contribution is 2.40. The summed E-state index contributed by atoms with van der Waals surface area (Å²) in [6, 6.07) is 31.6. The van der Waals surface area contributed by atoms with Gasteiger partial charge >= 0.3 is 6.09 Å². The van der Waals surface area contributed by atoms with Crippen LogP contribution in [0.3, 0.4) is 0 Å². The number of hydrogen-bond acceptors (Lipinski definition) is 5. The first-order valence-corrected chi connectivity index (χ1v) is 18.1. The summed E-state index contributed by atoms with van der Waals surface area (Å²) in [4.78, 5) is 20.0. The highest BCUT2D eigenvalue weighted by Gasteiger charge is 2.52. The van der Waals surface area contributed by atoms with E-state index in [1.54, 1.807) is 0 Å². The van der Waals surface area contributed by atoms with Crippen molar-refractivity contribution in [3.05, 3.63) is 114 Å². The number of rotatable bonds is 9. The van der Waals surface area contributed by atoms with Crippen molar-refractivity contribution < 1.29 is 23.8 Å². The van der Waals surface area contributed by atoms with Crippen LogP contribution in [0.25, 0.3) is 0 Å². The summed E-state index contributed by atoms with van der Waals surface area (Å²) in [5.41, 5.74) is 1.50. The Hall–Kier alpha value is -3.23. The molecule has 1 aliphatic carbocycles. The van der Waals surface area contributed by atoms with Gasteiger partial charge in [0.25, 0.3) is 0 Å². The van der Waals surface area contributed by atoms with Gasteiger partial charge in [0.2, 0.25) is 0 Å². The lowest BCUT2D eigenvalue weighted by Crippen LogP contribution is -2.52. The molecule has 3 aromatic rings. The summed E-state index contributed by atoms with van der Waals surface area (Å²) in [5, 5.41) is 2.81. The van der Waals surface area contributed by atoms with Crippen LogP contribution in [0.2, 0.25) is 19.1 Å². The van der Waals surface area contributed by atoms with E-state index < -0.39 is 32.0 Å². The van der Waals surface area contributed by atoms with E-state index in [0.717, 1.165) is 17.2 Å². The Balaban J connectivity index is 1.53. The molecule has 6 nitrogen and oxygen atoms in total. The second kappa shape index (κ2) is 13.0. The first-order valence-electron chi connectivity index (χ1n) is 14.8. The third-order valence-electron chi connectivity index (χ3n) is 7.96. The quantitative estimate of drug-likeness (QED) is 0.202. The van der Waals surface area contributed by atoms with Gasteiger partial charge in [0, 0.05) is 5.92 Å². The molecule has 0 unspecified atom stereocenters. The molecule has 3 aliphatic rings. The minimum atomic E-state index is -2.01. The topological polar surface area (TPSA) is 57.2 Å². The van der Waals surface area contributed by atoms with Gasteiger partial charge in [0.1, 0.15) is 17.8 Å². The van der Waals surface area contributed by atoms with E-state index in [4.69, 9.17) is 19.0 Å². The summed E-state index contributed by atoms with van der Waals surface area (Å²) >= 11 is 0. The Bertz CT molecular complexity index is 1330. The second-order valence-corrected chi connectivity index (χ2v) is 17.6. The third-order valence-corrected chi connectivity index (χ3v) is 11.3. The fraction of sp³-hybridized carbons (Fsp3) is 0.400. The Morgan fingerprint density at radius 2 is 1.31 bits per heavy atom. The fourth-order valence-electron chi connectivity index (χ4n) is 5.90. The molecule has 5 atom stereocenters. The second-order valence-electron chi connectivity index (χ2n) is 12.9. The molecule has 0 radical (unpaired) electrons. The van der Waals surface area contributed by atoms with Crippen LogP contribution in [0.15, 0.2) is 103 Å². The van der Waals surface area contributed by atoms with E-state index in [9.17, 15) is 4.79 Å². The van der Waals surface area contributed by atoms with E-state index in [1.807, 2.05) is 63.2 Å². The fourth-order valence-corrected chi connectivity index (χ4v) is 8.88. The van der Waals surface area contributed by atoms with Gasteiger partial charge < -0.3 is 14.2 Å². The van der Waals surface area contributed by atoms with E-state index in [2.05, 4.69) is 73.8 Å². The van der Waals surface area contributed by atoms with E-state index in [-0.39, 0.29) is 18.1 Å². The van der Waals surface area contributed by atoms with Crippen LogP contribution >= 0.6 is 0 Å². The number of carbonyl (C=O) groups excluding carboxylic acids is 1. The number of hydrogen-bond donors (Lipinski definition) is 0. The largest absolute Gasteiger partial charge is 0.442 e. The number of benzene rings is 3. The molecule has 0 saturated carbocycles. The van der Waals surface area contributed by atoms with Gasteiger partial charge in [-0.25, -0.2) is 4.79 Å². The lowest BCUT2D eigenvalue weighted by Gasteiger charge is -2.39. The maximum atomic E-state index is 13.6. The Morgan fingerprint density at radius 1 is 0.786 bits per heavy atom. The predicted molar refractivity (Wildman–Crippen MR) is 168 cm³/mol. The summed E-state index contributed by atoms with van der Waals surface area (Å²) in [5.74, 6) is -0.0902. The van der Waals surface area contributed by atoms with E-state index in [1.165, 1.54) is 10.2 Å². The van der Waals surface area contributed by atoms with Gasteiger partial charge in [-0.1, -0.05) is 121 Å². The average molecular weight is 586 g/mol. The number of hydroxylamine groups is 2. The van der Waals surface area contributed by atoms with Crippen LogP contribution in [-0.4, -0.2) is 49.2 Å². The molecule has 3 aromatic carbocycles. The van der Waals surface area contributed by atoms with Crippen LogP contribution in [0.5, 0.6) is 0 Å². The first-order chi connectivity index (χ1) is 20.1. The van der Waals surface area contributed by atoms with Gasteiger partial charge in [-0.2, -0.15) is 5.06 Å². The molecule has 0 spiro atoms. The number of carbonyl (C=O) groups is 1. The molecule has 0 aromatic heterocycles. The zero-order valence-electron chi connectivity index (χ0n) is 25.3. The molecular weight excluding hydrogens is 542 g/mol. The highest BCUT2D eigenvalue weighted by molar-refractivity contribution is 6.89. The lowest BCUT2D eigenvalue weighted by molar-refractivity contribution is -0.211. The standard InChI is InChI=1S/C35H43NO5Si/c1-35(2,3)40-34(37)36-30-21-22-31(41-36)33(39-24-27-17-11-7-12-18-27)32(38-23-26-15-9-6-10-16-26)29(30)25-42(4,5)28-19-13-8-14-20-28/h6-22,29-33H,23-25H2,1-5H3/t29-,30-,31+,32+,33-/m1/s1. The molecule has 0 N–H and O–H groups in total. The molecule has 2 heterocycles. The zero-order valence-corrected chi connectivity index (χ0v) is 26.3. The van der Waals surface area contributed by atoms with Crippen molar-refractivity contribution in [3.63, 3.8) is 0 Å². The first kappa shape index (κ1) is 30.2. The molecule has 222 valence electrons. The van der Waals surface area contributed by atoms with Crippen LogP contribution in [0.4, 0.5) is 4.79 Å². The van der Waals surface area contributed by atoms with Crippen molar-refractivity contribution in [2.45, 2.75) is 83.1 Å². The number of ether oxygens (including phenoxy) is 3. The van der Waals surface area contributed by atoms with Crippen molar-refractivity contribution in [2.75, 3.05) is 0 Å². The van der Waals surface area contributed by atoms with Gasteiger partial charge in [0.15, 0.2) is 0 Å². The van der Waals surface area contributed by atoms with E-state index in [0.29, 0.717) is 13.2 Å². The van der Waals surface area contributed by atoms with Crippen LogP contribution in [0, 0.1) is 5.92 Å². The number of fused-ring (bicyclic) bond motifs is 3. The molecule has 2 aliphatic heterocycles. The molecule has 6 rings (SSSR count). The highest BCUT2D eigenvalue weighted by atomic mass is 28.3. The molecule has 1 amide bonds. The maximum Gasteiger partial charge on any atom is 0.435 e. The Morgan fingerprint density at radius 3 is 1.86 bits per heavy atom. The molecule has 2 bridgehead atoms. The summed E-state index contributed by atoms with van der Waals surface area (Å²) in [6.45, 7) is 11.2. The molecule has 1 fully saturated rings.